The van der Waals surface area contributed by atoms with Gasteiger partial charge in [-0.25, -0.2) is 28.1 Å². The maximum absolute atomic E-state index is 13.0. The van der Waals surface area contributed by atoms with E-state index < -0.39 is 10.0 Å². The molecular formula is C27H22N6O3S2. The molecule has 0 fully saturated rings. The number of aromatic hydroxyl groups is 1. The third kappa shape index (κ3) is 4.58. The lowest BCUT2D eigenvalue weighted by Crippen LogP contribution is -2.29. The lowest BCUT2D eigenvalue weighted by Gasteiger charge is -2.11. The third-order valence-corrected chi connectivity index (χ3v) is 8.32. The highest BCUT2D eigenvalue weighted by Gasteiger charge is 2.19. The minimum atomic E-state index is -3.70. The van der Waals surface area contributed by atoms with Crippen LogP contribution in [0.5, 0.6) is 5.75 Å². The second-order valence-corrected chi connectivity index (χ2v) is 11.1. The summed E-state index contributed by atoms with van der Waals surface area (Å²) in [5.41, 5.74) is 3.05. The van der Waals surface area contributed by atoms with E-state index in [1.165, 1.54) is 11.3 Å². The monoisotopic (exact) mass is 542 g/mol. The highest BCUT2D eigenvalue weighted by molar-refractivity contribution is 7.89. The van der Waals surface area contributed by atoms with E-state index in [0.717, 1.165) is 27.3 Å². The normalized spacial score (nSPS) is 11.8. The van der Waals surface area contributed by atoms with Gasteiger partial charge in [0.15, 0.2) is 4.96 Å². The van der Waals surface area contributed by atoms with E-state index in [1.54, 1.807) is 42.6 Å². The van der Waals surface area contributed by atoms with Gasteiger partial charge in [0, 0.05) is 41.8 Å². The smallest absolute Gasteiger partial charge is 0.241 e. The Morgan fingerprint density at radius 2 is 1.74 bits per heavy atom. The van der Waals surface area contributed by atoms with E-state index in [0.29, 0.717) is 23.6 Å². The van der Waals surface area contributed by atoms with Crippen molar-refractivity contribution in [2.75, 3.05) is 18.4 Å². The number of imidazole rings is 1. The van der Waals surface area contributed by atoms with Crippen molar-refractivity contribution in [3.63, 3.8) is 0 Å². The first kappa shape index (κ1) is 24.0. The molecule has 0 aliphatic heterocycles. The molecule has 0 radical (unpaired) electrons. The predicted octanol–water partition coefficient (Wildman–Crippen LogP) is 4.77. The topological polar surface area (TPSA) is 122 Å². The Morgan fingerprint density at radius 1 is 0.921 bits per heavy atom. The van der Waals surface area contributed by atoms with Gasteiger partial charge in [0.25, 0.3) is 0 Å². The highest BCUT2D eigenvalue weighted by atomic mass is 32.2. The second-order valence-electron chi connectivity index (χ2n) is 8.48. The van der Waals surface area contributed by atoms with Gasteiger partial charge >= 0.3 is 0 Å². The number of hydrogen-bond donors (Lipinski definition) is 3. The van der Waals surface area contributed by atoms with Crippen molar-refractivity contribution >= 4 is 43.0 Å². The molecule has 3 N–H and O–H groups in total. The predicted molar refractivity (Wildman–Crippen MR) is 149 cm³/mol. The van der Waals surface area contributed by atoms with Gasteiger partial charge < -0.3 is 10.4 Å². The fraction of sp³-hybridized carbons (Fsp3) is 0.0741. The molecule has 0 aliphatic carbocycles. The van der Waals surface area contributed by atoms with Crippen molar-refractivity contribution in [2.45, 2.75) is 4.90 Å². The van der Waals surface area contributed by atoms with E-state index in [1.807, 2.05) is 52.4 Å². The molecule has 0 unspecified atom stereocenters. The highest BCUT2D eigenvalue weighted by Crippen LogP contribution is 2.34. The number of phenolic OH excluding ortho intramolecular Hbond substituents is 1. The maximum atomic E-state index is 13.0. The zero-order valence-electron chi connectivity index (χ0n) is 19.9. The van der Waals surface area contributed by atoms with Crippen LogP contribution in [0.15, 0.2) is 95.5 Å². The van der Waals surface area contributed by atoms with E-state index in [-0.39, 0.29) is 17.2 Å². The van der Waals surface area contributed by atoms with Gasteiger partial charge in [-0.1, -0.05) is 36.4 Å². The Morgan fingerprint density at radius 3 is 2.61 bits per heavy atom. The Balaban J connectivity index is 1.20. The molecule has 9 nitrogen and oxygen atoms in total. The Hall–Kier alpha value is -4.32. The van der Waals surface area contributed by atoms with Crippen LogP contribution in [0.3, 0.4) is 0 Å². The van der Waals surface area contributed by atoms with Gasteiger partial charge in [-0.3, -0.25) is 4.40 Å². The van der Waals surface area contributed by atoms with Crippen LogP contribution in [0, 0.1) is 0 Å². The molecule has 0 amide bonds. The maximum Gasteiger partial charge on any atom is 0.241 e. The minimum absolute atomic E-state index is 0.152. The number of aromatic nitrogens is 4. The van der Waals surface area contributed by atoms with Gasteiger partial charge in [-0.2, -0.15) is 0 Å². The Kier molecular flexibility index (Phi) is 6.24. The SMILES string of the molecule is O=S(=O)(NCCNc1nccc(-c2c(-c3ccc(O)cc3)nc3sccn23)n1)c1cccc2ccccc12. The standard InChI is InChI=1S/C27H22N6O3S2/c34-20-10-8-19(9-11-20)24-25(33-16-17-37-27(33)32-24)22-12-13-28-26(31-22)29-14-15-30-38(35,36)23-7-3-5-18-4-1-2-6-21(18)23/h1-13,16-17,30,34H,14-15H2,(H,28,29,31). The summed E-state index contributed by atoms with van der Waals surface area (Å²) in [5, 5.41) is 16.3. The van der Waals surface area contributed by atoms with Crippen LogP contribution in [0.1, 0.15) is 0 Å². The number of anilines is 1. The molecule has 0 bridgehead atoms. The third-order valence-electron chi connectivity index (χ3n) is 6.04. The first-order chi connectivity index (χ1) is 18.5. The number of nitrogens with one attached hydrogen (secondary N) is 2. The summed E-state index contributed by atoms with van der Waals surface area (Å²) in [5.74, 6) is 0.551. The van der Waals surface area contributed by atoms with Crippen LogP contribution < -0.4 is 10.0 Å². The van der Waals surface area contributed by atoms with Crippen molar-refractivity contribution in [1.82, 2.24) is 24.1 Å². The summed E-state index contributed by atoms with van der Waals surface area (Å²) < 4.78 is 30.6. The van der Waals surface area contributed by atoms with Gasteiger partial charge in [-0.05, 0) is 41.8 Å². The number of fused-ring (bicyclic) bond motifs is 2. The van der Waals surface area contributed by atoms with E-state index in [4.69, 9.17) is 4.98 Å². The molecule has 0 atom stereocenters. The molecule has 0 saturated heterocycles. The van der Waals surface area contributed by atoms with Gasteiger partial charge in [0.1, 0.15) is 11.4 Å². The average Bonchev–Trinajstić information content (AvgIpc) is 3.53. The second kappa shape index (κ2) is 9.86. The largest absolute Gasteiger partial charge is 0.508 e. The fourth-order valence-corrected chi connectivity index (χ4v) is 6.27. The number of benzene rings is 3. The summed E-state index contributed by atoms with van der Waals surface area (Å²) in [4.78, 5) is 14.8. The van der Waals surface area contributed by atoms with Crippen molar-refractivity contribution in [3.8, 4) is 28.4 Å². The zero-order chi connectivity index (χ0) is 26.1. The first-order valence-corrected chi connectivity index (χ1v) is 14.2. The van der Waals surface area contributed by atoms with Crippen LogP contribution in [-0.2, 0) is 10.0 Å². The Bertz CT molecular complexity index is 1860. The number of nitrogens with zero attached hydrogens (tertiary/aromatic N) is 4. The summed E-state index contributed by atoms with van der Waals surface area (Å²) in [6.45, 7) is 0.442. The molecule has 190 valence electrons. The quantitative estimate of drug-likeness (QED) is 0.237. The van der Waals surface area contributed by atoms with Crippen LogP contribution >= 0.6 is 11.3 Å². The lowest BCUT2D eigenvalue weighted by atomic mass is 10.1. The Labute approximate surface area is 222 Å². The molecular weight excluding hydrogens is 520 g/mol. The number of phenols is 1. The van der Waals surface area contributed by atoms with Gasteiger partial charge in [-0.15, -0.1) is 11.3 Å². The van der Waals surface area contributed by atoms with E-state index >= 15 is 0 Å². The molecule has 0 aliphatic rings. The minimum Gasteiger partial charge on any atom is -0.508 e. The van der Waals surface area contributed by atoms with Crippen LogP contribution in [0.2, 0.25) is 0 Å². The van der Waals surface area contributed by atoms with Crippen LogP contribution in [-0.4, -0.2) is 46.0 Å². The molecule has 11 heteroatoms. The molecule has 3 heterocycles. The molecule has 6 rings (SSSR count). The lowest BCUT2D eigenvalue weighted by molar-refractivity contribution is 0.475. The number of rotatable bonds is 8. The van der Waals surface area contributed by atoms with Gasteiger partial charge in [0.05, 0.1) is 16.3 Å². The molecule has 6 aromatic rings. The van der Waals surface area contributed by atoms with Gasteiger partial charge in [0.2, 0.25) is 16.0 Å². The van der Waals surface area contributed by atoms with E-state index in [9.17, 15) is 13.5 Å². The van der Waals surface area contributed by atoms with Crippen molar-refractivity contribution in [2.24, 2.45) is 0 Å². The first-order valence-electron chi connectivity index (χ1n) is 11.8. The van der Waals surface area contributed by atoms with Crippen LogP contribution in [0.25, 0.3) is 38.4 Å². The molecule has 0 saturated carbocycles. The summed E-state index contributed by atoms with van der Waals surface area (Å²) in [6, 6.07) is 21.3. The summed E-state index contributed by atoms with van der Waals surface area (Å²) >= 11 is 1.52. The van der Waals surface area contributed by atoms with E-state index in [2.05, 4.69) is 20.0 Å². The number of thiazole rings is 1. The van der Waals surface area contributed by atoms with Crippen molar-refractivity contribution in [3.05, 3.63) is 90.6 Å². The summed E-state index contributed by atoms with van der Waals surface area (Å²) in [6.07, 6.45) is 3.58. The zero-order valence-corrected chi connectivity index (χ0v) is 21.6. The van der Waals surface area contributed by atoms with Crippen molar-refractivity contribution in [1.29, 1.82) is 0 Å². The van der Waals surface area contributed by atoms with Crippen LogP contribution in [0.4, 0.5) is 5.95 Å². The fourth-order valence-electron chi connectivity index (χ4n) is 4.29. The molecule has 3 aromatic heterocycles. The number of sulfonamides is 1. The molecule has 3 aromatic carbocycles. The molecule has 0 spiro atoms. The summed E-state index contributed by atoms with van der Waals surface area (Å²) in [7, 11) is -3.70. The molecule has 38 heavy (non-hydrogen) atoms. The van der Waals surface area contributed by atoms with Crippen molar-refractivity contribution < 1.29 is 13.5 Å². The average molecular weight is 543 g/mol. The number of hydrogen-bond acceptors (Lipinski definition) is 8.